The van der Waals surface area contributed by atoms with Crippen LogP contribution in [-0.4, -0.2) is 54.2 Å². The van der Waals surface area contributed by atoms with Crippen LogP contribution in [0.25, 0.3) is 0 Å². The van der Waals surface area contributed by atoms with E-state index in [2.05, 4.69) is 9.88 Å². The lowest BCUT2D eigenvalue weighted by molar-refractivity contribution is 0.0766. The van der Waals surface area contributed by atoms with Crippen molar-refractivity contribution >= 4 is 11.7 Å². The number of amides is 1. The molecule has 1 N–H and O–H groups in total. The van der Waals surface area contributed by atoms with Gasteiger partial charge in [-0.15, -0.1) is 0 Å². The molecule has 0 bridgehead atoms. The number of aliphatic hydroxyl groups excluding tert-OH is 1. The Morgan fingerprint density at radius 2 is 2.17 bits per heavy atom. The quantitative estimate of drug-likeness (QED) is 0.855. The van der Waals surface area contributed by atoms with Gasteiger partial charge in [-0.25, -0.2) is 4.98 Å². The molecule has 1 aliphatic heterocycles. The van der Waals surface area contributed by atoms with Crippen molar-refractivity contribution in [3.63, 3.8) is 0 Å². The Kier molecular flexibility index (Phi) is 4.15. The highest BCUT2D eigenvalue weighted by atomic mass is 16.3. The highest BCUT2D eigenvalue weighted by Gasteiger charge is 2.15. The van der Waals surface area contributed by atoms with Crippen LogP contribution in [0.2, 0.25) is 0 Å². The van der Waals surface area contributed by atoms with Crippen LogP contribution in [0.3, 0.4) is 0 Å². The van der Waals surface area contributed by atoms with Gasteiger partial charge in [0.2, 0.25) is 0 Å². The summed E-state index contributed by atoms with van der Waals surface area (Å²) in [5, 5.41) is 8.80. The molecule has 1 aliphatic rings. The normalized spacial score (nSPS) is 14.9. The Morgan fingerprint density at radius 3 is 2.72 bits per heavy atom. The maximum absolute atomic E-state index is 11.9. The molecule has 0 atom stereocenters. The lowest BCUT2D eigenvalue weighted by atomic mass is 10.2. The predicted octanol–water partition coefficient (Wildman–Crippen LogP) is 0.746. The number of carbonyl (C=O) groups excluding carboxylic acids is 1. The van der Waals surface area contributed by atoms with Gasteiger partial charge in [0.1, 0.15) is 5.82 Å². The second-order valence-electron chi connectivity index (χ2n) is 4.55. The first kappa shape index (κ1) is 12.8. The molecule has 2 heterocycles. The molecule has 0 aromatic carbocycles. The summed E-state index contributed by atoms with van der Waals surface area (Å²) in [4.78, 5) is 20.0. The van der Waals surface area contributed by atoms with E-state index >= 15 is 0 Å². The summed E-state index contributed by atoms with van der Waals surface area (Å²) in [6, 6.07) is 3.70. The van der Waals surface area contributed by atoms with E-state index in [9.17, 15) is 4.79 Å². The topological polar surface area (TPSA) is 56.7 Å². The molecule has 1 aromatic rings. The van der Waals surface area contributed by atoms with Gasteiger partial charge in [0.05, 0.1) is 12.2 Å². The maximum Gasteiger partial charge on any atom is 0.255 e. The molecule has 2 rings (SSSR count). The van der Waals surface area contributed by atoms with Crippen LogP contribution in [0.4, 0.5) is 5.82 Å². The molecule has 0 saturated carbocycles. The summed E-state index contributed by atoms with van der Waals surface area (Å²) >= 11 is 0. The third-order valence-corrected chi connectivity index (χ3v) is 3.21. The van der Waals surface area contributed by atoms with Crippen LogP contribution in [-0.2, 0) is 0 Å². The highest BCUT2D eigenvalue weighted by molar-refractivity contribution is 5.93. The molecule has 1 fully saturated rings. The zero-order chi connectivity index (χ0) is 13.0. The molecule has 98 valence electrons. The largest absolute Gasteiger partial charge is 0.395 e. The molecule has 1 aromatic heterocycles. The molecular formula is C13H19N3O2. The third-order valence-electron chi connectivity index (χ3n) is 3.21. The standard InChI is InChI=1S/C13H19N3O2/c1-15(8-9-17)13(18)11-4-5-12(14-10-11)16-6-2-3-7-16/h4-5,10,17H,2-3,6-9H2,1H3. The lowest BCUT2D eigenvalue weighted by Crippen LogP contribution is -2.29. The molecule has 5 heteroatoms. The van der Waals surface area contributed by atoms with E-state index in [4.69, 9.17) is 5.11 Å². The minimum absolute atomic E-state index is 0.0263. The predicted molar refractivity (Wildman–Crippen MR) is 69.7 cm³/mol. The second kappa shape index (κ2) is 5.82. The van der Waals surface area contributed by atoms with E-state index in [1.165, 1.54) is 17.7 Å². The van der Waals surface area contributed by atoms with Crippen molar-refractivity contribution in [1.82, 2.24) is 9.88 Å². The van der Waals surface area contributed by atoms with Crippen LogP contribution < -0.4 is 4.90 Å². The van der Waals surface area contributed by atoms with Gasteiger partial charge in [0.15, 0.2) is 0 Å². The van der Waals surface area contributed by atoms with E-state index in [1.807, 2.05) is 6.07 Å². The summed E-state index contributed by atoms with van der Waals surface area (Å²) in [5.41, 5.74) is 0.564. The lowest BCUT2D eigenvalue weighted by Gasteiger charge is -2.18. The summed E-state index contributed by atoms with van der Waals surface area (Å²) in [7, 11) is 1.67. The number of aromatic nitrogens is 1. The van der Waals surface area contributed by atoms with Crippen molar-refractivity contribution in [2.45, 2.75) is 12.8 Å². The van der Waals surface area contributed by atoms with Crippen LogP contribution in [0, 0.1) is 0 Å². The molecular weight excluding hydrogens is 230 g/mol. The highest BCUT2D eigenvalue weighted by Crippen LogP contribution is 2.17. The van der Waals surface area contributed by atoms with Crippen molar-refractivity contribution in [2.24, 2.45) is 0 Å². The average molecular weight is 249 g/mol. The van der Waals surface area contributed by atoms with Gasteiger partial charge < -0.3 is 14.9 Å². The smallest absolute Gasteiger partial charge is 0.255 e. The van der Waals surface area contributed by atoms with E-state index in [0.717, 1.165) is 18.9 Å². The van der Waals surface area contributed by atoms with Gasteiger partial charge in [0.25, 0.3) is 5.91 Å². The number of likely N-dealkylation sites (N-methyl/N-ethyl adjacent to an activating group) is 1. The SMILES string of the molecule is CN(CCO)C(=O)c1ccc(N2CCCC2)nc1. The van der Waals surface area contributed by atoms with Gasteiger partial charge in [-0.05, 0) is 25.0 Å². The molecule has 5 nitrogen and oxygen atoms in total. The third kappa shape index (κ3) is 2.79. The number of hydrogen-bond acceptors (Lipinski definition) is 4. The van der Waals surface area contributed by atoms with E-state index < -0.39 is 0 Å². The van der Waals surface area contributed by atoms with Gasteiger partial charge in [0, 0.05) is 32.9 Å². The fourth-order valence-electron chi connectivity index (χ4n) is 2.12. The molecule has 18 heavy (non-hydrogen) atoms. The van der Waals surface area contributed by atoms with Crippen molar-refractivity contribution in [3.8, 4) is 0 Å². The van der Waals surface area contributed by atoms with Crippen LogP contribution in [0.5, 0.6) is 0 Å². The molecule has 1 saturated heterocycles. The fraction of sp³-hybridized carbons (Fsp3) is 0.538. The van der Waals surface area contributed by atoms with E-state index in [0.29, 0.717) is 12.1 Å². The molecule has 0 radical (unpaired) electrons. The summed E-state index contributed by atoms with van der Waals surface area (Å²) in [6.45, 7) is 2.41. The van der Waals surface area contributed by atoms with Crippen molar-refractivity contribution in [2.75, 3.05) is 38.2 Å². The van der Waals surface area contributed by atoms with Crippen LogP contribution >= 0.6 is 0 Å². The van der Waals surface area contributed by atoms with Crippen molar-refractivity contribution in [3.05, 3.63) is 23.9 Å². The molecule has 0 spiro atoms. The Hall–Kier alpha value is -1.62. The Balaban J connectivity index is 2.04. The summed E-state index contributed by atoms with van der Waals surface area (Å²) in [5.74, 6) is 0.832. The number of pyridine rings is 1. The van der Waals surface area contributed by atoms with Crippen LogP contribution in [0.1, 0.15) is 23.2 Å². The monoisotopic (exact) mass is 249 g/mol. The molecule has 0 aliphatic carbocycles. The van der Waals surface area contributed by atoms with Crippen molar-refractivity contribution in [1.29, 1.82) is 0 Å². The second-order valence-corrected chi connectivity index (χ2v) is 4.55. The van der Waals surface area contributed by atoms with Gasteiger partial charge in [-0.1, -0.05) is 0 Å². The van der Waals surface area contributed by atoms with Gasteiger partial charge >= 0.3 is 0 Å². The van der Waals surface area contributed by atoms with Crippen LogP contribution in [0.15, 0.2) is 18.3 Å². The Labute approximate surface area is 107 Å². The number of hydrogen-bond donors (Lipinski definition) is 1. The van der Waals surface area contributed by atoms with E-state index in [-0.39, 0.29) is 12.5 Å². The molecule has 0 unspecified atom stereocenters. The number of aliphatic hydroxyl groups is 1. The Bertz CT molecular complexity index is 399. The first-order valence-electron chi connectivity index (χ1n) is 6.29. The Morgan fingerprint density at radius 1 is 1.44 bits per heavy atom. The number of anilines is 1. The number of rotatable bonds is 4. The van der Waals surface area contributed by atoms with E-state index in [1.54, 1.807) is 19.3 Å². The summed E-state index contributed by atoms with van der Waals surface area (Å²) in [6.07, 6.45) is 4.03. The maximum atomic E-state index is 11.9. The fourth-order valence-corrected chi connectivity index (χ4v) is 2.12. The van der Waals surface area contributed by atoms with Gasteiger partial charge in [-0.3, -0.25) is 4.79 Å². The minimum atomic E-state index is -0.107. The first-order valence-corrected chi connectivity index (χ1v) is 6.29. The zero-order valence-electron chi connectivity index (χ0n) is 10.7. The zero-order valence-corrected chi connectivity index (χ0v) is 10.7. The molecule has 1 amide bonds. The van der Waals surface area contributed by atoms with Gasteiger partial charge in [-0.2, -0.15) is 0 Å². The minimum Gasteiger partial charge on any atom is -0.395 e. The first-order chi connectivity index (χ1) is 8.72. The summed E-state index contributed by atoms with van der Waals surface area (Å²) < 4.78 is 0. The average Bonchev–Trinajstić information content (AvgIpc) is 2.92. The van der Waals surface area contributed by atoms with Crippen molar-refractivity contribution < 1.29 is 9.90 Å². The number of nitrogens with zero attached hydrogens (tertiary/aromatic N) is 3. The number of carbonyl (C=O) groups is 1.